The molecule has 0 aromatic heterocycles. The van der Waals surface area contributed by atoms with E-state index in [1.165, 1.54) is 0 Å². The lowest BCUT2D eigenvalue weighted by molar-refractivity contribution is 0.0636. The molecule has 5 heteroatoms. The Morgan fingerprint density at radius 2 is 1.90 bits per heavy atom. The van der Waals surface area contributed by atoms with Crippen molar-refractivity contribution < 1.29 is 9.53 Å². The van der Waals surface area contributed by atoms with Gasteiger partial charge in [0.25, 0.3) is 0 Å². The van der Waals surface area contributed by atoms with Gasteiger partial charge in [-0.1, -0.05) is 25.6 Å². The molecule has 1 amide bonds. The summed E-state index contributed by atoms with van der Waals surface area (Å²) in [4.78, 5) is 11.8. The first-order valence-electron chi connectivity index (χ1n) is 6.79. The number of hydrogen-bond acceptors (Lipinski definition) is 2. The van der Waals surface area contributed by atoms with Crippen molar-refractivity contribution in [3.63, 3.8) is 0 Å². The molecule has 0 bridgehead atoms. The summed E-state index contributed by atoms with van der Waals surface area (Å²) in [7, 11) is -1.44. The number of hydrogen-bond donors (Lipinski definition) is 1. The van der Waals surface area contributed by atoms with E-state index in [-0.39, 0.29) is 0 Å². The number of carbonyl (C=O) groups excluding carboxylic acids is 1. The van der Waals surface area contributed by atoms with Crippen molar-refractivity contribution in [3.8, 4) is 11.5 Å². The van der Waals surface area contributed by atoms with Crippen LogP contribution in [0.5, 0.6) is 0 Å². The second kappa shape index (κ2) is 6.67. The summed E-state index contributed by atoms with van der Waals surface area (Å²) >= 11 is 3.48. The first kappa shape index (κ1) is 17.8. The number of ether oxygens (including phenoxy) is 1. The van der Waals surface area contributed by atoms with Crippen molar-refractivity contribution in [1.82, 2.24) is 0 Å². The fourth-order valence-electron chi connectivity index (χ4n) is 1.38. The summed E-state index contributed by atoms with van der Waals surface area (Å²) in [5.41, 5.74) is 4.34. The normalized spacial score (nSPS) is 11.4. The van der Waals surface area contributed by atoms with Crippen molar-refractivity contribution in [2.24, 2.45) is 0 Å². The number of anilines is 1. The highest BCUT2D eigenvalue weighted by Gasteiger charge is 2.16. The molecule has 1 rings (SSSR count). The maximum Gasteiger partial charge on any atom is 0.412 e. The van der Waals surface area contributed by atoms with Gasteiger partial charge in [0.05, 0.1) is 0 Å². The Kier molecular flexibility index (Phi) is 5.65. The topological polar surface area (TPSA) is 38.3 Å². The molecule has 0 unspecified atom stereocenters. The summed E-state index contributed by atoms with van der Waals surface area (Å²) in [5, 5.41) is 2.72. The zero-order chi connectivity index (χ0) is 16.3. The fourth-order valence-corrected chi connectivity index (χ4v) is 2.23. The highest BCUT2D eigenvalue weighted by Crippen LogP contribution is 2.21. The molecule has 0 heterocycles. The van der Waals surface area contributed by atoms with Gasteiger partial charge in [-0.25, -0.2) is 4.79 Å². The van der Waals surface area contributed by atoms with Crippen molar-refractivity contribution in [1.29, 1.82) is 0 Å². The van der Waals surface area contributed by atoms with Crippen LogP contribution in [-0.2, 0) is 4.74 Å². The monoisotopic (exact) mass is 367 g/mol. The highest BCUT2D eigenvalue weighted by atomic mass is 79.9. The standard InChI is InChI=1S/C16H22BrNO2Si/c1-16(2,3)20-15(19)18-13-7-8-14(17)12(11-13)9-10-21(4,5)6/h7-8,11H,1-6H3,(H,18,19). The quantitative estimate of drug-likeness (QED) is 0.558. The van der Waals surface area contributed by atoms with E-state index < -0.39 is 19.8 Å². The van der Waals surface area contributed by atoms with Gasteiger partial charge in [0.1, 0.15) is 13.7 Å². The lowest BCUT2D eigenvalue weighted by Crippen LogP contribution is -2.27. The van der Waals surface area contributed by atoms with Crippen molar-refractivity contribution in [3.05, 3.63) is 28.2 Å². The van der Waals surface area contributed by atoms with Gasteiger partial charge in [0, 0.05) is 15.7 Å². The minimum atomic E-state index is -1.44. The van der Waals surface area contributed by atoms with Gasteiger partial charge in [-0.15, -0.1) is 5.54 Å². The number of rotatable bonds is 1. The van der Waals surface area contributed by atoms with Gasteiger partial charge >= 0.3 is 6.09 Å². The summed E-state index contributed by atoms with van der Waals surface area (Å²) in [5.74, 6) is 3.19. The molecular formula is C16H22BrNO2Si. The molecule has 0 atom stereocenters. The first-order chi connectivity index (χ1) is 9.46. The Bertz CT molecular complexity index is 589. The molecule has 0 fully saturated rings. The number of halogens is 1. The molecule has 1 aromatic carbocycles. The molecule has 0 saturated carbocycles. The number of carbonyl (C=O) groups is 1. The molecule has 114 valence electrons. The van der Waals surface area contributed by atoms with E-state index in [1.807, 2.05) is 39.0 Å². The maximum absolute atomic E-state index is 11.8. The second-order valence-corrected chi connectivity index (χ2v) is 12.4. The number of benzene rings is 1. The zero-order valence-electron chi connectivity index (χ0n) is 13.4. The maximum atomic E-state index is 11.8. The van der Waals surface area contributed by atoms with Crippen LogP contribution in [0.2, 0.25) is 19.6 Å². The molecular weight excluding hydrogens is 346 g/mol. The third-order valence-electron chi connectivity index (χ3n) is 2.18. The average molecular weight is 368 g/mol. The molecule has 1 aromatic rings. The predicted octanol–water partition coefficient (Wildman–Crippen LogP) is 5.03. The highest BCUT2D eigenvalue weighted by molar-refractivity contribution is 9.10. The molecule has 0 radical (unpaired) electrons. The van der Waals surface area contributed by atoms with Crippen LogP contribution in [0.3, 0.4) is 0 Å². The summed E-state index contributed by atoms with van der Waals surface area (Å²) in [6.45, 7) is 12.1. The molecule has 0 aliphatic carbocycles. The van der Waals surface area contributed by atoms with Gasteiger partial charge < -0.3 is 4.74 Å². The Balaban J connectivity index is 2.92. The van der Waals surface area contributed by atoms with Crippen LogP contribution in [0.1, 0.15) is 26.3 Å². The van der Waals surface area contributed by atoms with Crippen LogP contribution in [0, 0.1) is 11.5 Å². The zero-order valence-corrected chi connectivity index (χ0v) is 16.0. The third-order valence-corrected chi connectivity index (χ3v) is 3.75. The molecule has 0 saturated heterocycles. The largest absolute Gasteiger partial charge is 0.444 e. The minimum absolute atomic E-state index is 0.464. The van der Waals surface area contributed by atoms with E-state index in [2.05, 4.69) is 52.4 Å². The molecule has 3 nitrogen and oxygen atoms in total. The molecule has 0 aliphatic rings. The smallest absolute Gasteiger partial charge is 0.412 e. The predicted molar refractivity (Wildman–Crippen MR) is 94.2 cm³/mol. The molecule has 0 spiro atoms. The second-order valence-electron chi connectivity index (χ2n) is 6.82. The van der Waals surface area contributed by atoms with Crippen LogP contribution in [-0.4, -0.2) is 19.8 Å². The van der Waals surface area contributed by atoms with E-state index in [4.69, 9.17) is 4.74 Å². The van der Waals surface area contributed by atoms with E-state index in [0.29, 0.717) is 5.69 Å². The summed E-state index contributed by atoms with van der Waals surface area (Å²) in [6, 6.07) is 5.54. The van der Waals surface area contributed by atoms with Gasteiger partial charge in [-0.2, -0.15) is 0 Å². The van der Waals surface area contributed by atoms with Crippen molar-refractivity contribution >= 4 is 35.8 Å². The average Bonchev–Trinajstić information content (AvgIpc) is 2.26. The summed E-state index contributed by atoms with van der Waals surface area (Å²) < 4.78 is 6.15. The lowest BCUT2D eigenvalue weighted by atomic mass is 10.2. The van der Waals surface area contributed by atoms with Crippen LogP contribution < -0.4 is 5.32 Å². The number of amides is 1. The SMILES string of the molecule is CC(C)(C)OC(=O)Nc1ccc(Br)c(C#C[Si](C)(C)C)c1. The van der Waals surface area contributed by atoms with Crippen LogP contribution in [0.25, 0.3) is 0 Å². The Hall–Kier alpha value is -1.25. The summed E-state index contributed by atoms with van der Waals surface area (Å²) in [6.07, 6.45) is -0.464. The molecule has 21 heavy (non-hydrogen) atoms. The Morgan fingerprint density at radius 3 is 2.43 bits per heavy atom. The first-order valence-corrected chi connectivity index (χ1v) is 11.1. The van der Waals surface area contributed by atoms with Crippen LogP contribution in [0.15, 0.2) is 22.7 Å². The van der Waals surface area contributed by atoms with E-state index in [1.54, 1.807) is 0 Å². The number of nitrogens with one attached hydrogen (secondary N) is 1. The Labute approximate surface area is 136 Å². The van der Waals surface area contributed by atoms with Gasteiger partial charge in [-0.3, -0.25) is 5.32 Å². The lowest BCUT2D eigenvalue weighted by Gasteiger charge is -2.19. The minimum Gasteiger partial charge on any atom is -0.444 e. The van der Waals surface area contributed by atoms with Crippen LogP contribution >= 0.6 is 15.9 Å². The van der Waals surface area contributed by atoms with Gasteiger partial charge in [0.2, 0.25) is 0 Å². The third kappa shape index (κ3) is 7.35. The molecule has 0 aliphatic heterocycles. The van der Waals surface area contributed by atoms with Gasteiger partial charge in [-0.05, 0) is 54.9 Å². The van der Waals surface area contributed by atoms with E-state index >= 15 is 0 Å². The van der Waals surface area contributed by atoms with E-state index in [0.717, 1.165) is 10.0 Å². The Morgan fingerprint density at radius 1 is 1.29 bits per heavy atom. The van der Waals surface area contributed by atoms with E-state index in [9.17, 15) is 4.79 Å². The van der Waals surface area contributed by atoms with Gasteiger partial charge in [0.15, 0.2) is 0 Å². The van der Waals surface area contributed by atoms with Crippen molar-refractivity contribution in [2.45, 2.75) is 46.0 Å². The van der Waals surface area contributed by atoms with Crippen LogP contribution in [0.4, 0.5) is 10.5 Å². The molecule has 1 N–H and O–H groups in total. The fraction of sp³-hybridized carbons (Fsp3) is 0.438. The van der Waals surface area contributed by atoms with Crippen molar-refractivity contribution in [2.75, 3.05) is 5.32 Å².